The van der Waals surface area contributed by atoms with Crippen LogP contribution >= 0.6 is 11.6 Å². The van der Waals surface area contributed by atoms with E-state index in [9.17, 15) is 14.0 Å². The number of hydrogen-bond acceptors (Lipinski definition) is 2. The van der Waals surface area contributed by atoms with Gasteiger partial charge in [0, 0.05) is 18.7 Å². The van der Waals surface area contributed by atoms with Crippen molar-refractivity contribution in [2.75, 3.05) is 11.4 Å². The van der Waals surface area contributed by atoms with Crippen LogP contribution in [0.25, 0.3) is 0 Å². The van der Waals surface area contributed by atoms with E-state index in [4.69, 9.17) is 11.6 Å². The second-order valence-corrected chi connectivity index (χ2v) is 5.15. The molecule has 0 radical (unpaired) electrons. The van der Waals surface area contributed by atoms with E-state index in [1.807, 2.05) is 6.92 Å². The van der Waals surface area contributed by atoms with Crippen LogP contribution in [0.5, 0.6) is 0 Å². The van der Waals surface area contributed by atoms with Gasteiger partial charge in [0.1, 0.15) is 11.9 Å². The number of anilines is 1. The second kappa shape index (κ2) is 6.22. The SMILES string of the molecule is CCCC1NC(=O)CCN(c2ccc(Cl)c(F)c2)C1=O. The van der Waals surface area contributed by atoms with Crippen LogP contribution in [0, 0.1) is 5.82 Å². The molecule has 1 N–H and O–H groups in total. The van der Waals surface area contributed by atoms with Gasteiger partial charge >= 0.3 is 0 Å². The van der Waals surface area contributed by atoms with Gasteiger partial charge in [-0.05, 0) is 24.6 Å². The van der Waals surface area contributed by atoms with Crippen LogP contribution in [0.1, 0.15) is 26.2 Å². The highest BCUT2D eigenvalue weighted by atomic mass is 35.5. The smallest absolute Gasteiger partial charge is 0.249 e. The molecule has 0 bridgehead atoms. The summed E-state index contributed by atoms with van der Waals surface area (Å²) >= 11 is 5.64. The molecule has 1 aromatic rings. The summed E-state index contributed by atoms with van der Waals surface area (Å²) < 4.78 is 13.5. The maximum Gasteiger partial charge on any atom is 0.249 e. The first-order valence-electron chi connectivity index (χ1n) is 6.58. The molecule has 0 aliphatic carbocycles. The Morgan fingerprint density at radius 1 is 1.45 bits per heavy atom. The van der Waals surface area contributed by atoms with Crippen LogP contribution in [0.15, 0.2) is 18.2 Å². The van der Waals surface area contributed by atoms with Gasteiger partial charge in [0.05, 0.1) is 5.02 Å². The van der Waals surface area contributed by atoms with Crippen molar-refractivity contribution in [3.05, 3.63) is 29.0 Å². The molecule has 4 nitrogen and oxygen atoms in total. The van der Waals surface area contributed by atoms with Gasteiger partial charge in [-0.25, -0.2) is 4.39 Å². The van der Waals surface area contributed by atoms with Crippen molar-refractivity contribution in [3.8, 4) is 0 Å². The first kappa shape index (κ1) is 14.8. The van der Waals surface area contributed by atoms with E-state index in [-0.39, 0.29) is 29.8 Å². The maximum absolute atomic E-state index is 13.5. The van der Waals surface area contributed by atoms with E-state index in [1.54, 1.807) is 6.07 Å². The van der Waals surface area contributed by atoms with Crippen molar-refractivity contribution >= 4 is 29.1 Å². The number of halogens is 2. The third-order valence-electron chi connectivity index (χ3n) is 3.25. The predicted octanol–water partition coefficient (Wildman–Crippen LogP) is 2.50. The molecule has 2 rings (SSSR count). The number of nitrogens with zero attached hydrogens (tertiary/aromatic N) is 1. The van der Waals surface area contributed by atoms with E-state index in [1.165, 1.54) is 17.0 Å². The minimum Gasteiger partial charge on any atom is -0.344 e. The van der Waals surface area contributed by atoms with Gasteiger partial charge in [-0.2, -0.15) is 0 Å². The molecule has 0 saturated carbocycles. The fraction of sp³-hybridized carbons (Fsp3) is 0.429. The van der Waals surface area contributed by atoms with E-state index < -0.39 is 11.9 Å². The van der Waals surface area contributed by atoms with Gasteiger partial charge in [-0.1, -0.05) is 24.9 Å². The summed E-state index contributed by atoms with van der Waals surface area (Å²) in [4.78, 5) is 25.5. The van der Waals surface area contributed by atoms with Gasteiger partial charge in [-0.3, -0.25) is 9.59 Å². The molecule has 0 aromatic heterocycles. The minimum absolute atomic E-state index is 0.00957. The average molecular weight is 299 g/mol. The average Bonchev–Trinajstić information content (AvgIpc) is 2.54. The van der Waals surface area contributed by atoms with Gasteiger partial charge in [0.2, 0.25) is 11.8 Å². The largest absolute Gasteiger partial charge is 0.344 e. The summed E-state index contributed by atoms with van der Waals surface area (Å²) in [6.07, 6.45) is 1.55. The van der Waals surface area contributed by atoms with Gasteiger partial charge < -0.3 is 10.2 Å². The van der Waals surface area contributed by atoms with Gasteiger partial charge in [-0.15, -0.1) is 0 Å². The summed E-state index contributed by atoms with van der Waals surface area (Å²) in [5.41, 5.74) is 0.425. The van der Waals surface area contributed by atoms with Crippen LogP contribution in [0.2, 0.25) is 5.02 Å². The topological polar surface area (TPSA) is 49.4 Å². The Hall–Kier alpha value is -1.62. The zero-order chi connectivity index (χ0) is 14.7. The van der Waals surface area contributed by atoms with Crippen LogP contribution in [-0.2, 0) is 9.59 Å². The third kappa shape index (κ3) is 3.10. The standard InChI is InChI=1S/C14H16ClFN2O2/c1-2-3-12-14(20)18(7-6-13(19)17-12)9-4-5-10(15)11(16)8-9/h4-5,8,12H,2-3,6-7H2,1H3,(H,17,19). The molecular weight excluding hydrogens is 283 g/mol. The third-order valence-corrected chi connectivity index (χ3v) is 3.56. The lowest BCUT2D eigenvalue weighted by Gasteiger charge is -2.24. The molecule has 6 heteroatoms. The normalized spacial score (nSPS) is 19.8. The van der Waals surface area contributed by atoms with E-state index in [0.29, 0.717) is 12.1 Å². The first-order chi connectivity index (χ1) is 9.52. The summed E-state index contributed by atoms with van der Waals surface area (Å²) in [5, 5.41) is 2.71. The number of carbonyl (C=O) groups is 2. The summed E-state index contributed by atoms with van der Waals surface area (Å²) in [7, 11) is 0. The van der Waals surface area contributed by atoms with Gasteiger partial charge in [0.15, 0.2) is 0 Å². The Balaban J connectivity index is 2.30. The summed E-state index contributed by atoms with van der Waals surface area (Å²) in [6, 6.07) is 3.67. The zero-order valence-corrected chi connectivity index (χ0v) is 11.9. The maximum atomic E-state index is 13.5. The Morgan fingerprint density at radius 3 is 2.85 bits per heavy atom. The van der Waals surface area contributed by atoms with Crippen LogP contribution in [-0.4, -0.2) is 24.4 Å². The van der Waals surface area contributed by atoms with Crippen LogP contribution < -0.4 is 10.2 Å². The fourth-order valence-corrected chi connectivity index (χ4v) is 2.35. The van der Waals surface area contributed by atoms with Gasteiger partial charge in [0.25, 0.3) is 0 Å². The molecule has 1 aromatic carbocycles. The number of carbonyl (C=O) groups excluding carboxylic acids is 2. The van der Waals surface area contributed by atoms with Crippen molar-refractivity contribution < 1.29 is 14.0 Å². The molecule has 1 fully saturated rings. The van der Waals surface area contributed by atoms with Crippen LogP contribution in [0.4, 0.5) is 10.1 Å². The molecule has 1 atom stereocenters. The van der Waals surface area contributed by atoms with Crippen LogP contribution in [0.3, 0.4) is 0 Å². The minimum atomic E-state index is -0.576. The highest BCUT2D eigenvalue weighted by Gasteiger charge is 2.30. The Morgan fingerprint density at radius 2 is 2.20 bits per heavy atom. The quantitative estimate of drug-likeness (QED) is 0.932. The van der Waals surface area contributed by atoms with Crippen molar-refractivity contribution in [1.29, 1.82) is 0 Å². The number of nitrogens with one attached hydrogen (secondary N) is 1. The van der Waals surface area contributed by atoms with E-state index >= 15 is 0 Å². The number of hydrogen-bond donors (Lipinski definition) is 1. The molecule has 2 amide bonds. The highest BCUT2D eigenvalue weighted by molar-refractivity contribution is 6.30. The molecule has 20 heavy (non-hydrogen) atoms. The molecule has 1 saturated heterocycles. The Labute approximate surface area is 121 Å². The molecule has 1 aliphatic rings. The predicted molar refractivity (Wildman–Crippen MR) is 75.2 cm³/mol. The molecule has 1 unspecified atom stereocenters. The second-order valence-electron chi connectivity index (χ2n) is 4.75. The molecule has 1 aliphatic heterocycles. The van der Waals surface area contributed by atoms with Crippen molar-refractivity contribution in [2.24, 2.45) is 0 Å². The summed E-state index contributed by atoms with van der Waals surface area (Å²) in [5.74, 6) is -0.944. The highest BCUT2D eigenvalue weighted by Crippen LogP contribution is 2.24. The van der Waals surface area contributed by atoms with Crippen molar-refractivity contribution in [1.82, 2.24) is 5.32 Å². The molecule has 0 spiro atoms. The van der Waals surface area contributed by atoms with E-state index in [0.717, 1.165) is 6.42 Å². The Bertz CT molecular complexity index is 536. The lowest BCUT2D eigenvalue weighted by molar-refractivity contribution is -0.125. The number of rotatable bonds is 3. The zero-order valence-electron chi connectivity index (χ0n) is 11.2. The lowest BCUT2D eigenvalue weighted by atomic mass is 10.1. The lowest BCUT2D eigenvalue weighted by Crippen LogP contribution is -2.44. The first-order valence-corrected chi connectivity index (χ1v) is 6.96. The van der Waals surface area contributed by atoms with Crippen molar-refractivity contribution in [3.63, 3.8) is 0 Å². The van der Waals surface area contributed by atoms with E-state index in [2.05, 4.69) is 5.32 Å². The Kier molecular flexibility index (Phi) is 4.60. The molecule has 1 heterocycles. The molecule has 108 valence electrons. The number of benzene rings is 1. The summed E-state index contributed by atoms with van der Waals surface area (Å²) in [6.45, 7) is 2.18. The number of amides is 2. The molecular formula is C14H16ClFN2O2. The van der Waals surface area contributed by atoms with Crippen molar-refractivity contribution in [2.45, 2.75) is 32.2 Å². The fourth-order valence-electron chi connectivity index (χ4n) is 2.23. The monoisotopic (exact) mass is 298 g/mol.